The van der Waals surface area contributed by atoms with Gasteiger partial charge in [0.05, 0.1) is 0 Å². The van der Waals surface area contributed by atoms with Crippen molar-refractivity contribution in [3.8, 4) is 11.4 Å². The van der Waals surface area contributed by atoms with Crippen molar-refractivity contribution < 1.29 is 13.6 Å². The molecule has 37 heavy (non-hydrogen) atoms. The van der Waals surface area contributed by atoms with Gasteiger partial charge in [-0.3, -0.25) is 4.79 Å². The molecule has 0 N–H and O–H groups in total. The highest BCUT2D eigenvalue weighted by Gasteiger charge is 2.26. The molecule has 0 aliphatic carbocycles. The van der Waals surface area contributed by atoms with Crippen molar-refractivity contribution in [3.05, 3.63) is 112 Å². The van der Waals surface area contributed by atoms with E-state index in [1.54, 1.807) is 17.0 Å². The largest absolute Gasteiger partial charge is 0.353 e. The lowest BCUT2D eigenvalue weighted by molar-refractivity contribution is 0.0746. The zero-order chi connectivity index (χ0) is 25.9. The predicted octanol–water partition coefficient (Wildman–Crippen LogP) is 5.94. The van der Waals surface area contributed by atoms with Gasteiger partial charge in [-0.1, -0.05) is 48.0 Å². The number of benzene rings is 3. The molecule has 5 rings (SSSR count). The zero-order valence-corrected chi connectivity index (χ0v) is 21.1. The van der Waals surface area contributed by atoms with Crippen LogP contribution in [0.5, 0.6) is 0 Å². The van der Waals surface area contributed by atoms with E-state index in [0.717, 1.165) is 16.8 Å². The van der Waals surface area contributed by atoms with Crippen molar-refractivity contribution in [1.82, 2.24) is 14.9 Å². The lowest BCUT2D eigenvalue weighted by Crippen LogP contribution is -2.49. The zero-order valence-electron chi connectivity index (χ0n) is 20.3. The Balaban J connectivity index is 1.46. The molecule has 1 amide bonds. The third-order valence-corrected chi connectivity index (χ3v) is 6.95. The minimum Gasteiger partial charge on any atom is -0.353 e. The number of carbonyl (C=O) groups excluding carboxylic acids is 1. The molecule has 1 aliphatic rings. The van der Waals surface area contributed by atoms with Crippen molar-refractivity contribution in [3.63, 3.8) is 0 Å². The molecule has 0 bridgehead atoms. The Labute approximate surface area is 219 Å². The molecule has 0 radical (unpaired) electrons. The molecule has 0 saturated carbocycles. The first kappa shape index (κ1) is 24.8. The summed E-state index contributed by atoms with van der Waals surface area (Å²) in [6.07, 6.45) is 0.246. The van der Waals surface area contributed by atoms with Gasteiger partial charge in [-0.15, -0.1) is 0 Å². The van der Waals surface area contributed by atoms with Crippen LogP contribution in [0.1, 0.15) is 27.2 Å². The Morgan fingerprint density at radius 1 is 0.865 bits per heavy atom. The van der Waals surface area contributed by atoms with Crippen molar-refractivity contribution in [2.45, 2.75) is 13.3 Å². The highest BCUT2D eigenvalue weighted by molar-refractivity contribution is 6.31. The number of halogens is 3. The molecular formula is C29H25ClF2N4O. The molecule has 2 heterocycles. The van der Waals surface area contributed by atoms with E-state index in [9.17, 15) is 13.6 Å². The van der Waals surface area contributed by atoms with E-state index in [-0.39, 0.29) is 24.0 Å². The van der Waals surface area contributed by atoms with Crippen molar-refractivity contribution >= 4 is 23.3 Å². The van der Waals surface area contributed by atoms with Crippen LogP contribution in [0.2, 0.25) is 5.02 Å². The Morgan fingerprint density at radius 3 is 2.24 bits per heavy atom. The summed E-state index contributed by atoms with van der Waals surface area (Å²) in [4.78, 5) is 26.5. The second kappa shape index (κ2) is 10.6. The number of hydrogen-bond acceptors (Lipinski definition) is 4. The molecule has 4 aromatic rings. The van der Waals surface area contributed by atoms with Crippen LogP contribution in [0, 0.1) is 18.6 Å². The van der Waals surface area contributed by atoms with Gasteiger partial charge in [-0.25, -0.2) is 18.7 Å². The summed E-state index contributed by atoms with van der Waals surface area (Å²) in [6, 6.07) is 19.9. The van der Waals surface area contributed by atoms with E-state index in [2.05, 4.69) is 4.90 Å². The van der Waals surface area contributed by atoms with Crippen LogP contribution in [-0.2, 0) is 6.42 Å². The lowest BCUT2D eigenvalue weighted by atomic mass is 10.0. The van der Waals surface area contributed by atoms with E-state index >= 15 is 0 Å². The van der Waals surface area contributed by atoms with Gasteiger partial charge >= 0.3 is 0 Å². The van der Waals surface area contributed by atoms with E-state index in [1.165, 1.54) is 30.3 Å². The quantitative estimate of drug-likeness (QED) is 0.328. The summed E-state index contributed by atoms with van der Waals surface area (Å²) < 4.78 is 28.0. The first-order chi connectivity index (χ1) is 17.9. The van der Waals surface area contributed by atoms with Crippen LogP contribution in [0.4, 0.5) is 14.6 Å². The Kier molecular flexibility index (Phi) is 7.15. The van der Waals surface area contributed by atoms with Crippen LogP contribution < -0.4 is 4.90 Å². The molecule has 8 heteroatoms. The number of piperazine rings is 1. The number of aryl methyl sites for hydroxylation is 1. The van der Waals surface area contributed by atoms with Gasteiger partial charge in [-0.2, -0.15) is 0 Å². The fourth-order valence-corrected chi connectivity index (χ4v) is 4.77. The third kappa shape index (κ3) is 5.32. The summed E-state index contributed by atoms with van der Waals surface area (Å²) >= 11 is 6.36. The second-order valence-electron chi connectivity index (χ2n) is 8.96. The first-order valence-corrected chi connectivity index (χ1v) is 12.4. The molecular weight excluding hydrogens is 494 g/mol. The Morgan fingerprint density at radius 2 is 1.57 bits per heavy atom. The summed E-state index contributed by atoms with van der Waals surface area (Å²) in [6.45, 7) is 3.92. The molecule has 0 spiro atoms. The molecule has 1 aliphatic heterocycles. The lowest BCUT2D eigenvalue weighted by Gasteiger charge is -2.36. The van der Waals surface area contributed by atoms with Gasteiger partial charge in [-0.05, 0) is 43.3 Å². The van der Waals surface area contributed by atoms with E-state index < -0.39 is 0 Å². The number of aromatic nitrogens is 2. The number of nitrogens with zero attached hydrogens (tertiary/aromatic N) is 4. The predicted molar refractivity (Wildman–Crippen MR) is 141 cm³/mol. The molecule has 1 fully saturated rings. The summed E-state index contributed by atoms with van der Waals surface area (Å²) in [5.74, 6) is 0.402. The standard InChI is InChI=1S/C29H25ClF2N4O/c1-19-23(18-24-25(30)8-5-9-26(24)32)28(34-27(33-19)20-6-3-2-4-7-20)35-14-16-36(17-15-35)29(37)21-10-12-22(31)13-11-21/h2-13H,14-18H2,1H3. The number of hydrogen-bond donors (Lipinski definition) is 0. The molecule has 1 saturated heterocycles. The van der Waals surface area contributed by atoms with Gasteiger partial charge in [0.15, 0.2) is 5.82 Å². The molecule has 1 aromatic heterocycles. The second-order valence-corrected chi connectivity index (χ2v) is 9.37. The smallest absolute Gasteiger partial charge is 0.253 e. The molecule has 0 atom stereocenters. The average molecular weight is 519 g/mol. The minimum absolute atomic E-state index is 0.137. The Bertz CT molecular complexity index is 1400. The van der Waals surface area contributed by atoms with E-state index in [1.807, 2.05) is 37.3 Å². The monoisotopic (exact) mass is 518 g/mol. The van der Waals surface area contributed by atoms with Gasteiger partial charge in [0.2, 0.25) is 0 Å². The van der Waals surface area contributed by atoms with Crippen LogP contribution in [0.3, 0.4) is 0 Å². The number of anilines is 1. The number of carbonyl (C=O) groups is 1. The summed E-state index contributed by atoms with van der Waals surface area (Å²) in [5.41, 5.74) is 3.27. The fraction of sp³-hybridized carbons (Fsp3) is 0.207. The van der Waals surface area contributed by atoms with E-state index in [0.29, 0.717) is 54.0 Å². The topological polar surface area (TPSA) is 49.3 Å². The van der Waals surface area contributed by atoms with Crippen LogP contribution in [0.15, 0.2) is 72.8 Å². The van der Waals surface area contributed by atoms with Crippen LogP contribution in [0.25, 0.3) is 11.4 Å². The Hall–Kier alpha value is -3.84. The summed E-state index contributed by atoms with van der Waals surface area (Å²) in [7, 11) is 0. The highest BCUT2D eigenvalue weighted by Crippen LogP contribution is 2.31. The van der Waals surface area contributed by atoms with Crippen molar-refractivity contribution in [2.75, 3.05) is 31.1 Å². The molecule has 3 aromatic carbocycles. The molecule has 5 nitrogen and oxygen atoms in total. The number of amides is 1. The minimum atomic E-state index is -0.378. The highest BCUT2D eigenvalue weighted by atomic mass is 35.5. The van der Waals surface area contributed by atoms with Gasteiger partial charge in [0, 0.05) is 65.6 Å². The van der Waals surface area contributed by atoms with Crippen molar-refractivity contribution in [2.24, 2.45) is 0 Å². The SMILES string of the molecule is Cc1nc(-c2ccccc2)nc(N2CCN(C(=O)c3ccc(F)cc3)CC2)c1Cc1c(F)cccc1Cl. The maximum Gasteiger partial charge on any atom is 0.253 e. The van der Waals surface area contributed by atoms with E-state index in [4.69, 9.17) is 21.6 Å². The first-order valence-electron chi connectivity index (χ1n) is 12.1. The maximum absolute atomic E-state index is 14.7. The number of rotatable bonds is 5. The average Bonchev–Trinajstić information content (AvgIpc) is 2.92. The van der Waals surface area contributed by atoms with Crippen LogP contribution in [-0.4, -0.2) is 47.0 Å². The summed E-state index contributed by atoms with van der Waals surface area (Å²) in [5, 5.41) is 0.354. The normalized spacial score (nSPS) is 13.6. The van der Waals surface area contributed by atoms with Gasteiger partial charge < -0.3 is 9.80 Å². The van der Waals surface area contributed by atoms with Gasteiger partial charge in [0.25, 0.3) is 5.91 Å². The van der Waals surface area contributed by atoms with Crippen LogP contribution >= 0.6 is 11.6 Å². The fourth-order valence-electron chi connectivity index (χ4n) is 4.54. The van der Waals surface area contributed by atoms with Crippen molar-refractivity contribution in [1.29, 1.82) is 0 Å². The maximum atomic E-state index is 14.7. The molecule has 0 unspecified atom stereocenters. The molecule has 188 valence electrons. The third-order valence-electron chi connectivity index (χ3n) is 6.60. The van der Waals surface area contributed by atoms with Gasteiger partial charge in [0.1, 0.15) is 17.5 Å².